The summed E-state index contributed by atoms with van der Waals surface area (Å²) in [4.78, 5) is 14.5. The average Bonchev–Trinajstić information content (AvgIpc) is 2.87. The molecule has 2 unspecified atom stereocenters. The van der Waals surface area contributed by atoms with Crippen LogP contribution in [0.4, 0.5) is 0 Å². The molecule has 0 aromatic carbocycles. The van der Waals surface area contributed by atoms with Crippen LogP contribution in [0.3, 0.4) is 0 Å². The molecule has 2 rings (SSSR count). The highest BCUT2D eigenvalue weighted by atomic mass is 16.5. The maximum atomic E-state index is 12.3. The molecule has 7 nitrogen and oxygen atoms in total. The fourth-order valence-electron chi connectivity index (χ4n) is 2.85. The van der Waals surface area contributed by atoms with E-state index in [9.17, 15) is 4.79 Å². The molecule has 2 saturated heterocycles. The van der Waals surface area contributed by atoms with Gasteiger partial charge in [-0.25, -0.2) is 0 Å². The van der Waals surface area contributed by atoms with Crippen LogP contribution in [-0.4, -0.2) is 59.7 Å². The number of nitrogens with zero attached hydrogens (tertiary/aromatic N) is 2. The van der Waals surface area contributed by atoms with Crippen molar-refractivity contribution < 1.29 is 14.7 Å². The smallest absolute Gasteiger partial charge is 0.249 e. The van der Waals surface area contributed by atoms with Gasteiger partial charge in [0.1, 0.15) is 11.6 Å². The van der Waals surface area contributed by atoms with Gasteiger partial charge in [-0.05, 0) is 39.7 Å². The van der Waals surface area contributed by atoms with Gasteiger partial charge in [-0.2, -0.15) is 0 Å². The Morgan fingerprint density at radius 1 is 1.45 bits per heavy atom. The summed E-state index contributed by atoms with van der Waals surface area (Å²) in [6.45, 7) is 3.54. The van der Waals surface area contributed by atoms with Gasteiger partial charge in [0.2, 0.25) is 5.91 Å². The summed E-state index contributed by atoms with van der Waals surface area (Å²) in [5.41, 5.74) is 5.07. The molecule has 2 aliphatic rings. The number of likely N-dealkylation sites (tertiary alicyclic amines) is 1. The van der Waals surface area contributed by atoms with Crippen LogP contribution in [0.25, 0.3) is 0 Å². The first kappa shape index (κ1) is 15.1. The average molecular weight is 284 g/mol. The highest BCUT2D eigenvalue weighted by Gasteiger charge is 2.41. The zero-order valence-electron chi connectivity index (χ0n) is 12.1. The Morgan fingerprint density at radius 3 is 2.60 bits per heavy atom. The van der Waals surface area contributed by atoms with E-state index >= 15 is 0 Å². The van der Waals surface area contributed by atoms with Crippen molar-refractivity contribution in [1.29, 1.82) is 0 Å². The summed E-state index contributed by atoms with van der Waals surface area (Å²) < 4.78 is 5.58. The minimum Gasteiger partial charge on any atom is -0.409 e. The SMILES string of the molecule is CC1CCC(C(=O)NC2(C(N)=NO)CCN(C)CC2)O1. The molecule has 2 aliphatic heterocycles. The fourth-order valence-corrected chi connectivity index (χ4v) is 2.85. The van der Waals surface area contributed by atoms with Gasteiger partial charge in [0.15, 0.2) is 5.84 Å². The van der Waals surface area contributed by atoms with Crippen LogP contribution in [0.2, 0.25) is 0 Å². The largest absolute Gasteiger partial charge is 0.409 e. The second-order valence-corrected chi connectivity index (χ2v) is 5.87. The summed E-state index contributed by atoms with van der Waals surface area (Å²) in [5, 5.41) is 15.1. The topological polar surface area (TPSA) is 100 Å². The number of hydrogen-bond donors (Lipinski definition) is 3. The number of rotatable bonds is 3. The van der Waals surface area contributed by atoms with Crippen LogP contribution in [0.5, 0.6) is 0 Å². The van der Waals surface area contributed by atoms with Crippen LogP contribution in [-0.2, 0) is 9.53 Å². The van der Waals surface area contributed by atoms with Crippen molar-refractivity contribution in [3.8, 4) is 0 Å². The maximum Gasteiger partial charge on any atom is 0.249 e. The number of carbonyl (C=O) groups excluding carboxylic acids is 1. The molecule has 0 saturated carbocycles. The molecule has 0 aromatic rings. The van der Waals surface area contributed by atoms with Gasteiger partial charge in [-0.15, -0.1) is 0 Å². The zero-order chi connectivity index (χ0) is 14.8. The number of hydrogen-bond acceptors (Lipinski definition) is 5. The number of piperidine rings is 1. The molecule has 2 atom stereocenters. The first-order valence-electron chi connectivity index (χ1n) is 7.11. The first-order valence-corrected chi connectivity index (χ1v) is 7.11. The number of carbonyl (C=O) groups is 1. The molecule has 0 aromatic heterocycles. The van der Waals surface area contributed by atoms with Crippen LogP contribution < -0.4 is 11.1 Å². The van der Waals surface area contributed by atoms with E-state index in [2.05, 4.69) is 15.4 Å². The second-order valence-electron chi connectivity index (χ2n) is 5.87. The standard InChI is InChI=1S/C13H24N4O3/c1-9-3-4-10(20-9)11(18)15-13(12(14)16-19)5-7-17(2)8-6-13/h9-10,19H,3-8H2,1-2H3,(H2,14,16)(H,15,18). The Bertz CT molecular complexity index is 391. The first-order chi connectivity index (χ1) is 9.47. The number of nitrogens with one attached hydrogen (secondary N) is 1. The van der Waals surface area contributed by atoms with Gasteiger partial charge in [0.25, 0.3) is 0 Å². The van der Waals surface area contributed by atoms with Gasteiger partial charge < -0.3 is 25.9 Å². The molecule has 0 spiro atoms. The maximum absolute atomic E-state index is 12.3. The van der Waals surface area contributed by atoms with Gasteiger partial charge in [0, 0.05) is 13.1 Å². The molecule has 0 radical (unpaired) electrons. The van der Waals surface area contributed by atoms with E-state index in [-0.39, 0.29) is 17.8 Å². The number of amides is 1. The lowest BCUT2D eigenvalue weighted by Gasteiger charge is -2.40. The third-order valence-corrected chi connectivity index (χ3v) is 4.33. The Balaban J connectivity index is 2.06. The van der Waals surface area contributed by atoms with E-state index in [0.29, 0.717) is 12.8 Å². The van der Waals surface area contributed by atoms with Crippen LogP contribution in [0, 0.1) is 0 Å². The normalized spacial score (nSPS) is 31.2. The number of oxime groups is 1. The van der Waals surface area contributed by atoms with Crippen molar-refractivity contribution in [2.75, 3.05) is 20.1 Å². The predicted octanol–water partition coefficient (Wildman–Crippen LogP) is -0.119. The van der Waals surface area contributed by atoms with Crippen molar-refractivity contribution >= 4 is 11.7 Å². The van der Waals surface area contributed by atoms with Crippen molar-refractivity contribution in [3.05, 3.63) is 0 Å². The summed E-state index contributed by atoms with van der Waals surface area (Å²) in [7, 11) is 2.01. The summed E-state index contributed by atoms with van der Waals surface area (Å²) >= 11 is 0. The molecule has 0 bridgehead atoms. The fraction of sp³-hybridized carbons (Fsp3) is 0.846. The summed E-state index contributed by atoms with van der Waals surface area (Å²) in [6, 6.07) is 0. The summed E-state index contributed by atoms with van der Waals surface area (Å²) in [6.07, 6.45) is 2.56. The molecule has 2 heterocycles. The van der Waals surface area contributed by atoms with Crippen LogP contribution >= 0.6 is 0 Å². The van der Waals surface area contributed by atoms with Gasteiger partial charge in [0.05, 0.1) is 6.10 Å². The molecule has 1 amide bonds. The van der Waals surface area contributed by atoms with Crippen molar-refractivity contribution in [2.24, 2.45) is 10.9 Å². The Morgan fingerprint density at radius 2 is 2.10 bits per heavy atom. The van der Waals surface area contributed by atoms with Crippen molar-refractivity contribution in [2.45, 2.75) is 50.4 Å². The van der Waals surface area contributed by atoms with Gasteiger partial charge >= 0.3 is 0 Å². The Hall–Kier alpha value is -1.34. The highest BCUT2D eigenvalue weighted by Crippen LogP contribution is 2.25. The lowest BCUT2D eigenvalue weighted by Crippen LogP contribution is -2.63. The van der Waals surface area contributed by atoms with E-state index < -0.39 is 11.6 Å². The lowest BCUT2D eigenvalue weighted by atomic mass is 9.86. The summed E-state index contributed by atoms with van der Waals surface area (Å²) in [5.74, 6) is -0.0875. The van der Waals surface area contributed by atoms with Crippen LogP contribution in [0.15, 0.2) is 5.16 Å². The molecular weight excluding hydrogens is 260 g/mol. The molecule has 4 N–H and O–H groups in total. The number of ether oxygens (including phenoxy) is 1. The lowest BCUT2D eigenvalue weighted by molar-refractivity contribution is -0.133. The Kier molecular flexibility index (Phi) is 4.49. The molecule has 20 heavy (non-hydrogen) atoms. The van der Waals surface area contributed by atoms with Crippen LogP contribution in [0.1, 0.15) is 32.6 Å². The highest BCUT2D eigenvalue weighted by molar-refractivity contribution is 5.95. The molecule has 7 heteroatoms. The van der Waals surface area contributed by atoms with Crippen molar-refractivity contribution in [1.82, 2.24) is 10.2 Å². The minimum absolute atomic E-state index is 0.0741. The van der Waals surface area contributed by atoms with E-state index in [1.54, 1.807) is 0 Å². The molecule has 114 valence electrons. The number of amidine groups is 1. The minimum atomic E-state index is -0.756. The van der Waals surface area contributed by atoms with E-state index in [0.717, 1.165) is 25.9 Å². The zero-order valence-corrected chi connectivity index (χ0v) is 12.1. The number of nitrogens with two attached hydrogens (primary N) is 1. The second kappa shape index (κ2) is 5.97. The van der Waals surface area contributed by atoms with E-state index in [4.69, 9.17) is 15.7 Å². The monoisotopic (exact) mass is 284 g/mol. The molecule has 2 fully saturated rings. The van der Waals surface area contributed by atoms with E-state index in [1.165, 1.54) is 0 Å². The predicted molar refractivity (Wildman–Crippen MR) is 74.6 cm³/mol. The Labute approximate surface area is 119 Å². The van der Waals surface area contributed by atoms with E-state index in [1.807, 2.05) is 14.0 Å². The van der Waals surface area contributed by atoms with Gasteiger partial charge in [-0.3, -0.25) is 4.79 Å². The van der Waals surface area contributed by atoms with Gasteiger partial charge in [-0.1, -0.05) is 5.16 Å². The molecular formula is C13H24N4O3. The van der Waals surface area contributed by atoms with Crippen molar-refractivity contribution in [3.63, 3.8) is 0 Å². The molecule has 0 aliphatic carbocycles. The third kappa shape index (κ3) is 3.04. The third-order valence-electron chi connectivity index (χ3n) is 4.33. The quantitative estimate of drug-likeness (QED) is 0.290.